The van der Waals surface area contributed by atoms with Crippen LogP contribution in [0.2, 0.25) is 0 Å². The van der Waals surface area contributed by atoms with E-state index in [2.05, 4.69) is 0 Å². The third kappa shape index (κ3) is 1.59. The first-order chi connectivity index (χ1) is 5.41. The monoisotopic (exact) mass is 154 g/mol. The molecule has 0 amide bonds. The molecule has 0 aromatic rings. The highest BCUT2D eigenvalue weighted by atomic mass is 16.6. The highest BCUT2D eigenvalue weighted by molar-refractivity contribution is 6.19. The van der Waals surface area contributed by atoms with Gasteiger partial charge in [-0.25, -0.2) is 0 Å². The number of hydrogen-bond donors (Lipinski definition) is 0. The zero-order chi connectivity index (χ0) is 7.57. The third-order valence-electron chi connectivity index (χ3n) is 1.83. The fourth-order valence-electron chi connectivity index (χ4n) is 1.19. The lowest BCUT2D eigenvalue weighted by molar-refractivity contribution is -0.0709. The van der Waals surface area contributed by atoms with Crippen LogP contribution in [-0.4, -0.2) is 41.8 Å². The molecule has 2 saturated heterocycles. The Hall–Kier alpha value is -0.0301. The maximum absolute atomic E-state index is 5.04. The minimum absolute atomic E-state index is 0.0938. The van der Waals surface area contributed by atoms with E-state index in [-0.39, 0.29) is 5.41 Å². The van der Waals surface area contributed by atoms with Gasteiger partial charge in [-0.2, -0.15) is 0 Å². The van der Waals surface area contributed by atoms with E-state index >= 15 is 0 Å². The number of rotatable bonds is 0. The lowest BCUT2D eigenvalue weighted by Crippen LogP contribution is -2.49. The van der Waals surface area contributed by atoms with Crippen LogP contribution < -0.4 is 0 Å². The zero-order valence-corrected chi connectivity index (χ0v) is 6.12. The second-order valence-electron chi connectivity index (χ2n) is 2.94. The minimum atomic E-state index is -0.0938. The van der Waals surface area contributed by atoms with Crippen molar-refractivity contribution in [3.8, 4) is 0 Å². The van der Waals surface area contributed by atoms with Crippen LogP contribution >= 0.6 is 0 Å². The molecule has 0 atom stereocenters. The molecular weight excluding hydrogens is 146 g/mol. The van der Waals surface area contributed by atoms with Crippen molar-refractivity contribution in [1.29, 1.82) is 0 Å². The van der Waals surface area contributed by atoms with E-state index in [0.29, 0.717) is 26.4 Å². The summed E-state index contributed by atoms with van der Waals surface area (Å²) >= 11 is 0. The Labute approximate surface area is 66.8 Å². The normalized spacial score (nSPS) is 30.5. The van der Waals surface area contributed by atoms with Crippen LogP contribution in [-0.2, 0) is 18.6 Å². The molecule has 4 nitrogen and oxygen atoms in total. The maximum atomic E-state index is 5.04. The molecule has 6 heteroatoms. The average molecular weight is 154 g/mol. The Kier molecular flexibility index (Phi) is 2.18. The van der Waals surface area contributed by atoms with Gasteiger partial charge in [-0.05, 0) is 15.4 Å². The zero-order valence-electron chi connectivity index (χ0n) is 6.12. The molecule has 2 heterocycles. The summed E-state index contributed by atoms with van der Waals surface area (Å²) < 4.78 is 20.2. The summed E-state index contributed by atoms with van der Waals surface area (Å²) in [6.45, 7) is 2.45. The van der Waals surface area contributed by atoms with Crippen LogP contribution in [0, 0.1) is 5.41 Å². The summed E-state index contributed by atoms with van der Waals surface area (Å²) in [5.74, 6) is 0. The average Bonchev–Trinajstić information content (AvgIpc) is 2.07. The highest BCUT2D eigenvalue weighted by Gasteiger charge is 2.29. The van der Waals surface area contributed by atoms with E-state index in [9.17, 15) is 0 Å². The Bertz CT molecular complexity index is 111. The first-order valence-corrected chi connectivity index (χ1v) is 3.51. The lowest BCUT2D eigenvalue weighted by Gasteiger charge is -2.50. The van der Waals surface area contributed by atoms with Crippen LogP contribution in [0.15, 0.2) is 0 Å². The molecule has 2 aliphatic heterocycles. The fourth-order valence-corrected chi connectivity index (χ4v) is 1.19. The van der Waals surface area contributed by atoms with Crippen molar-refractivity contribution < 1.29 is 18.6 Å². The van der Waals surface area contributed by atoms with Crippen molar-refractivity contribution in [1.82, 2.24) is 0 Å². The molecule has 2 fully saturated rings. The molecule has 1 spiro atoms. The molecule has 0 saturated carbocycles. The van der Waals surface area contributed by atoms with Gasteiger partial charge in [0.15, 0.2) is 0 Å². The Morgan fingerprint density at radius 2 is 1.09 bits per heavy atom. The van der Waals surface area contributed by atoms with E-state index < -0.39 is 0 Å². The van der Waals surface area contributed by atoms with Crippen LogP contribution in [0.5, 0.6) is 0 Å². The van der Waals surface area contributed by atoms with E-state index in [1.807, 2.05) is 0 Å². The minimum Gasteiger partial charge on any atom is -0.625 e. The molecule has 0 bridgehead atoms. The van der Waals surface area contributed by atoms with Crippen molar-refractivity contribution in [2.24, 2.45) is 5.41 Å². The predicted octanol–water partition coefficient (Wildman–Crippen LogP) is -0.865. The van der Waals surface area contributed by atoms with E-state index in [0.717, 1.165) is 0 Å². The van der Waals surface area contributed by atoms with Gasteiger partial charge in [0.2, 0.25) is 0 Å². The smallest absolute Gasteiger partial charge is 0.0467 e. The van der Waals surface area contributed by atoms with Crippen LogP contribution in [0.25, 0.3) is 0 Å². The Morgan fingerprint density at radius 1 is 0.727 bits per heavy atom. The fraction of sp³-hybridized carbons (Fsp3) is 1.00. The molecule has 0 N–H and O–H groups in total. The van der Waals surface area contributed by atoms with Gasteiger partial charge in [0.1, 0.15) is 0 Å². The largest absolute Gasteiger partial charge is 0.625 e. The van der Waals surface area contributed by atoms with Crippen LogP contribution in [0.1, 0.15) is 0 Å². The lowest BCUT2D eigenvalue weighted by atomic mass is 9.88. The van der Waals surface area contributed by atoms with Crippen molar-refractivity contribution in [2.45, 2.75) is 0 Å². The molecule has 11 heavy (non-hydrogen) atoms. The SMILES string of the molecule is [B-]1OCC2(CO1)CO[B-]OC2. The van der Waals surface area contributed by atoms with Gasteiger partial charge in [0.25, 0.3) is 0 Å². The van der Waals surface area contributed by atoms with Gasteiger partial charge in [0.05, 0.1) is 0 Å². The van der Waals surface area contributed by atoms with Crippen molar-refractivity contribution in [3.05, 3.63) is 0 Å². The van der Waals surface area contributed by atoms with Gasteiger partial charge in [-0.1, -0.05) is 0 Å². The standard InChI is InChI=1S/C5H8B2O4/c1-5(2-9-6-8-1)3-10-7-11-4-5/h1-4H2/q-2. The van der Waals surface area contributed by atoms with Gasteiger partial charge < -0.3 is 18.6 Å². The van der Waals surface area contributed by atoms with Crippen molar-refractivity contribution in [3.63, 3.8) is 0 Å². The molecule has 0 aromatic carbocycles. The molecule has 60 valence electrons. The van der Waals surface area contributed by atoms with Crippen LogP contribution in [0.3, 0.4) is 0 Å². The summed E-state index contributed by atoms with van der Waals surface area (Å²) in [7, 11) is 2.73. The van der Waals surface area contributed by atoms with E-state index in [4.69, 9.17) is 18.6 Å². The Balaban J connectivity index is 1.94. The summed E-state index contributed by atoms with van der Waals surface area (Å²) in [6.07, 6.45) is 0. The third-order valence-corrected chi connectivity index (χ3v) is 1.83. The van der Waals surface area contributed by atoms with Crippen LogP contribution in [0.4, 0.5) is 0 Å². The molecule has 2 rings (SSSR count). The summed E-state index contributed by atoms with van der Waals surface area (Å²) in [5, 5.41) is 0. The summed E-state index contributed by atoms with van der Waals surface area (Å²) in [4.78, 5) is 0. The molecule has 0 aromatic heterocycles. The maximum Gasteiger partial charge on any atom is 0.0467 e. The quantitative estimate of drug-likeness (QED) is 0.425. The van der Waals surface area contributed by atoms with Crippen molar-refractivity contribution in [2.75, 3.05) is 26.4 Å². The first kappa shape index (κ1) is 7.61. The summed E-state index contributed by atoms with van der Waals surface area (Å²) in [5.41, 5.74) is -0.0938. The second-order valence-corrected chi connectivity index (χ2v) is 2.94. The highest BCUT2D eigenvalue weighted by Crippen LogP contribution is 2.24. The Morgan fingerprint density at radius 3 is 1.45 bits per heavy atom. The predicted molar refractivity (Wildman–Crippen MR) is 37.7 cm³/mol. The molecular formula is C5H8B2O4-2. The second kappa shape index (κ2) is 3.15. The number of hydrogen-bond acceptors (Lipinski definition) is 4. The topological polar surface area (TPSA) is 36.9 Å². The van der Waals surface area contributed by atoms with Gasteiger partial charge in [-0.15, -0.1) is 0 Å². The summed E-state index contributed by atoms with van der Waals surface area (Å²) in [6, 6.07) is 0. The molecule has 0 unspecified atom stereocenters. The molecule has 4 radical (unpaired) electrons. The van der Waals surface area contributed by atoms with Gasteiger partial charge in [0, 0.05) is 31.8 Å². The van der Waals surface area contributed by atoms with E-state index in [1.165, 1.54) is 15.4 Å². The van der Waals surface area contributed by atoms with Crippen molar-refractivity contribution >= 4 is 15.4 Å². The van der Waals surface area contributed by atoms with Gasteiger partial charge in [-0.3, -0.25) is 0 Å². The van der Waals surface area contributed by atoms with E-state index in [1.54, 1.807) is 0 Å². The first-order valence-electron chi connectivity index (χ1n) is 3.51. The molecule has 2 aliphatic rings. The molecule has 0 aliphatic carbocycles. The van der Waals surface area contributed by atoms with Gasteiger partial charge >= 0.3 is 0 Å².